The number of hydrogen-bond acceptors (Lipinski definition) is 9. The molecule has 0 atom stereocenters. The third-order valence-electron chi connectivity index (χ3n) is 3.84. The highest BCUT2D eigenvalue weighted by atomic mass is 16.4. The van der Waals surface area contributed by atoms with Crippen LogP contribution in [0.15, 0.2) is 78.4 Å². The molecule has 0 aliphatic rings. The fourth-order valence-electron chi connectivity index (χ4n) is 2.57. The summed E-state index contributed by atoms with van der Waals surface area (Å²) in [7, 11) is 0. The van der Waals surface area contributed by atoms with Crippen molar-refractivity contribution in [3.8, 4) is 0 Å². The monoisotopic (exact) mass is 366 g/mol. The second kappa shape index (κ2) is 5.70. The molecule has 3 aromatic heterocycles. The van der Waals surface area contributed by atoms with Gasteiger partial charge in [0.05, 0.1) is 32.3 Å². The molecule has 0 fully saturated rings. The summed E-state index contributed by atoms with van der Waals surface area (Å²) in [4.78, 5) is 73.4. The van der Waals surface area contributed by atoms with Gasteiger partial charge in [0.1, 0.15) is 0 Å². The average Bonchev–Trinajstić information content (AvgIpc) is 2.65. The van der Waals surface area contributed by atoms with Gasteiger partial charge in [0, 0.05) is 0 Å². The maximum absolute atomic E-state index is 12.2. The third kappa shape index (κ3) is 2.76. The first-order valence-electron chi connectivity index (χ1n) is 7.41. The van der Waals surface area contributed by atoms with Gasteiger partial charge in [0.25, 0.3) is 0 Å². The van der Waals surface area contributed by atoms with E-state index in [1.54, 1.807) is 0 Å². The normalized spacial score (nSPS) is 11.1. The summed E-state index contributed by atoms with van der Waals surface area (Å²) in [5.74, 6) is 0. The second-order valence-corrected chi connectivity index (χ2v) is 5.63. The smallest absolute Gasteiger partial charge is 0.346 e. The predicted octanol–water partition coefficient (Wildman–Crippen LogP) is 0.0864. The van der Waals surface area contributed by atoms with E-state index in [4.69, 9.17) is 13.3 Å². The molecule has 0 spiro atoms. The molecule has 6 bridgehead atoms. The van der Waals surface area contributed by atoms with Crippen LogP contribution in [0.3, 0.4) is 0 Å². The van der Waals surface area contributed by atoms with Crippen molar-refractivity contribution in [3.63, 3.8) is 0 Å². The van der Waals surface area contributed by atoms with E-state index in [-0.39, 0.29) is 32.3 Å². The molecule has 2 aromatic carbocycles. The molecule has 27 heavy (non-hydrogen) atoms. The van der Waals surface area contributed by atoms with Gasteiger partial charge in [-0.2, -0.15) is 0 Å². The zero-order chi connectivity index (χ0) is 19.3. The van der Waals surface area contributed by atoms with Crippen LogP contribution in [0.5, 0.6) is 0 Å². The molecule has 3 heterocycles. The minimum Gasteiger partial charge on any atom is -0.386 e. The standard InChI is InChI=1S/C18H6O9/c19-13-7-1-8-3-9(2-7)15(21)27-18(24)12-5-10(16(22)25-13)4-11(6-12)17(23)26-14(8)20/h1-6H. The van der Waals surface area contributed by atoms with Crippen molar-refractivity contribution in [1.82, 2.24) is 0 Å². The first kappa shape index (κ1) is 16.3. The van der Waals surface area contributed by atoms with E-state index in [1.165, 1.54) is 0 Å². The molecule has 0 N–H and O–H groups in total. The summed E-state index contributed by atoms with van der Waals surface area (Å²) in [6.07, 6.45) is 0. The molecule has 0 amide bonds. The van der Waals surface area contributed by atoms with Crippen LogP contribution >= 0.6 is 0 Å². The zero-order valence-corrected chi connectivity index (χ0v) is 13.1. The van der Waals surface area contributed by atoms with Crippen LogP contribution in [0, 0.1) is 0 Å². The van der Waals surface area contributed by atoms with E-state index >= 15 is 0 Å². The lowest BCUT2D eigenvalue weighted by atomic mass is 10.2. The van der Waals surface area contributed by atoms with Gasteiger partial charge in [-0.3, -0.25) is 0 Å². The van der Waals surface area contributed by atoms with Crippen LogP contribution in [0.4, 0.5) is 0 Å². The molecular formula is C18H6O9. The predicted molar refractivity (Wildman–Crippen MR) is 93.4 cm³/mol. The maximum Gasteiger partial charge on any atom is 0.346 e. The number of hydrogen-bond donors (Lipinski definition) is 0. The van der Waals surface area contributed by atoms with Crippen molar-refractivity contribution < 1.29 is 13.3 Å². The zero-order valence-electron chi connectivity index (χ0n) is 13.1. The molecule has 5 aromatic rings. The quantitative estimate of drug-likeness (QED) is 0.423. The first-order valence-corrected chi connectivity index (χ1v) is 7.41. The molecule has 9 heteroatoms. The molecule has 0 aliphatic heterocycles. The van der Waals surface area contributed by atoms with E-state index in [1.807, 2.05) is 0 Å². The Bertz CT molecular complexity index is 1290. The SMILES string of the molecule is O=c1oc(=O)c2cc3cc(c2)c(=O)oc(=O)c2cc1cc(c2)c(=O)oc3=O. The highest BCUT2D eigenvalue weighted by Crippen LogP contribution is 2.07. The Hall–Kier alpha value is -4.14. The van der Waals surface area contributed by atoms with Crippen molar-refractivity contribution in [2.45, 2.75) is 0 Å². The molecule has 0 aliphatic carbocycles. The number of fused-ring (bicyclic) bond motifs is 6. The van der Waals surface area contributed by atoms with Gasteiger partial charge in [-0.05, 0) is 36.4 Å². The van der Waals surface area contributed by atoms with Crippen molar-refractivity contribution in [1.29, 1.82) is 0 Å². The largest absolute Gasteiger partial charge is 0.386 e. The third-order valence-corrected chi connectivity index (χ3v) is 3.84. The second-order valence-electron chi connectivity index (χ2n) is 5.63. The summed E-state index contributed by atoms with van der Waals surface area (Å²) in [5.41, 5.74) is -6.86. The van der Waals surface area contributed by atoms with Crippen LogP contribution in [0.25, 0.3) is 32.3 Å². The van der Waals surface area contributed by atoms with Gasteiger partial charge in [-0.1, -0.05) is 0 Å². The van der Waals surface area contributed by atoms with Crippen molar-refractivity contribution >= 4 is 32.3 Å². The van der Waals surface area contributed by atoms with Gasteiger partial charge in [-0.25, -0.2) is 28.8 Å². The summed E-state index contributed by atoms with van der Waals surface area (Å²) < 4.78 is 14.1. The Morgan fingerprint density at radius 3 is 0.630 bits per heavy atom. The topological polar surface area (TPSA) is 142 Å². The van der Waals surface area contributed by atoms with Crippen LogP contribution in [0.2, 0.25) is 0 Å². The van der Waals surface area contributed by atoms with E-state index < -0.39 is 33.8 Å². The highest BCUT2D eigenvalue weighted by molar-refractivity contribution is 5.78. The lowest BCUT2D eigenvalue weighted by Crippen LogP contribution is -2.14. The van der Waals surface area contributed by atoms with Gasteiger partial charge >= 0.3 is 33.8 Å². The van der Waals surface area contributed by atoms with E-state index in [0.717, 1.165) is 36.4 Å². The number of rotatable bonds is 0. The van der Waals surface area contributed by atoms with Crippen molar-refractivity contribution in [2.24, 2.45) is 0 Å². The van der Waals surface area contributed by atoms with Gasteiger partial charge in [-0.15, -0.1) is 0 Å². The van der Waals surface area contributed by atoms with Crippen molar-refractivity contribution in [3.05, 3.63) is 98.9 Å². The van der Waals surface area contributed by atoms with Gasteiger partial charge in [0.15, 0.2) is 0 Å². The Morgan fingerprint density at radius 2 is 0.481 bits per heavy atom. The highest BCUT2D eigenvalue weighted by Gasteiger charge is 2.07. The molecule has 0 radical (unpaired) electrons. The summed E-state index contributed by atoms with van der Waals surface area (Å²) >= 11 is 0. The van der Waals surface area contributed by atoms with Crippen LogP contribution in [-0.2, 0) is 0 Å². The molecular weight excluding hydrogens is 360 g/mol. The fraction of sp³-hybridized carbons (Fsp3) is 0. The summed E-state index contributed by atoms with van der Waals surface area (Å²) in [6, 6.07) is 5.90. The fourth-order valence-corrected chi connectivity index (χ4v) is 2.57. The Kier molecular flexibility index (Phi) is 3.45. The molecule has 132 valence electrons. The van der Waals surface area contributed by atoms with E-state index in [2.05, 4.69) is 0 Å². The Balaban J connectivity index is 2.64. The van der Waals surface area contributed by atoms with Crippen LogP contribution in [-0.4, -0.2) is 0 Å². The minimum absolute atomic E-state index is 0.345. The van der Waals surface area contributed by atoms with Crippen molar-refractivity contribution in [2.75, 3.05) is 0 Å². The lowest BCUT2D eigenvalue weighted by Gasteiger charge is -1.93. The van der Waals surface area contributed by atoms with Crippen LogP contribution < -0.4 is 33.8 Å². The molecule has 5 rings (SSSR count). The van der Waals surface area contributed by atoms with Crippen LogP contribution in [0.1, 0.15) is 0 Å². The molecule has 0 saturated heterocycles. The van der Waals surface area contributed by atoms with Gasteiger partial charge in [0.2, 0.25) is 0 Å². The summed E-state index contributed by atoms with van der Waals surface area (Å²) in [5, 5.41) is -2.07. The van der Waals surface area contributed by atoms with E-state index in [0.29, 0.717) is 0 Å². The van der Waals surface area contributed by atoms with Gasteiger partial charge < -0.3 is 13.3 Å². The lowest BCUT2D eigenvalue weighted by molar-refractivity contribution is 0.485. The van der Waals surface area contributed by atoms with E-state index in [9.17, 15) is 28.8 Å². The minimum atomic E-state index is -1.14. The molecule has 9 nitrogen and oxygen atoms in total. The first-order chi connectivity index (χ1) is 12.8. The Labute approximate surface area is 145 Å². The summed E-state index contributed by atoms with van der Waals surface area (Å²) in [6.45, 7) is 0. The average molecular weight is 366 g/mol. The maximum atomic E-state index is 12.2. The number of benzene rings is 2. The molecule has 0 unspecified atom stereocenters. The Morgan fingerprint density at radius 1 is 0.333 bits per heavy atom. The molecule has 0 saturated carbocycles.